The maximum atomic E-state index is 12.3. The molecule has 184 valence electrons. The summed E-state index contributed by atoms with van der Waals surface area (Å²) in [6.07, 6.45) is 13.2. The average molecular weight is 478 g/mol. The average Bonchev–Trinajstić information content (AvgIpc) is 3.26. The summed E-state index contributed by atoms with van der Waals surface area (Å²) < 4.78 is 42.6. The highest BCUT2D eigenvalue weighted by Crippen LogP contribution is 2.27. The van der Waals surface area contributed by atoms with Crippen LogP contribution in [-0.2, 0) is 15.7 Å². The summed E-state index contributed by atoms with van der Waals surface area (Å²) in [4.78, 5) is 26.5. The number of hydrogen-bond acceptors (Lipinski definition) is 4. The minimum absolute atomic E-state index is 0.192. The van der Waals surface area contributed by atoms with E-state index >= 15 is 0 Å². The van der Waals surface area contributed by atoms with Crippen LogP contribution in [0.4, 0.5) is 13.2 Å². The summed E-state index contributed by atoms with van der Waals surface area (Å²) in [5, 5.41) is 0.255. The van der Waals surface area contributed by atoms with Crippen molar-refractivity contribution in [3.63, 3.8) is 0 Å². The van der Waals surface area contributed by atoms with Gasteiger partial charge in [-0.05, 0) is 52.3 Å². The van der Waals surface area contributed by atoms with Crippen LogP contribution in [0.25, 0.3) is 10.9 Å². The Hall–Kier alpha value is -3.85. The third-order valence-electron chi connectivity index (χ3n) is 4.37. The third-order valence-corrected chi connectivity index (χ3v) is 4.37. The van der Waals surface area contributed by atoms with Gasteiger partial charge in [0.05, 0.1) is 0 Å². The fourth-order valence-corrected chi connectivity index (χ4v) is 3.12. The predicted octanol–water partition coefficient (Wildman–Crippen LogP) is 4.27. The number of para-hydroxylation sites is 1. The lowest BCUT2D eigenvalue weighted by Crippen LogP contribution is -2.41. The van der Waals surface area contributed by atoms with Crippen molar-refractivity contribution < 1.29 is 22.7 Å². The number of aromatic nitrogens is 1. The summed E-state index contributed by atoms with van der Waals surface area (Å²) >= 11 is 0. The SMILES string of the molecule is C#C.C#C.C=C(OC(C)(C)C)N1CCC[C@H]1C(N)=O.O=c1cc(C(F)(F)F)[nH]c2ccccc12. The second-order valence-corrected chi connectivity index (χ2v) is 7.95. The van der Waals surface area contributed by atoms with E-state index in [0.717, 1.165) is 19.4 Å². The van der Waals surface area contributed by atoms with Gasteiger partial charge in [0, 0.05) is 23.5 Å². The number of primary amides is 1. The number of amides is 1. The van der Waals surface area contributed by atoms with E-state index in [1.807, 2.05) is 25.7 Å². The molecule has 2 heterocycles. The van der Waals surface area contributed by atoms with Crippen LogP contribution in [-0.4, -0.2) is 34.0 Å². The molecule has 1 aliphatic heterocycles. The molecule has 1 aliphatic rings. The van der Waals surface area contributed by atoms with Gasteiger partial charge in [-0.25, -0.2) is 0 Å². The lowest BCUT2D eigenvalue weighted by Gasteiger charge is -2.31. The number of H-pyrrole nitrogens is 1. The van der Waals surface area contributed by atoms with E-state index in [1.54, 1.807) is 12.1 Å². The molecule has 1 atom stereocenters. The number of carbonyl (C=O) groups excluding carboxylic acids is 1. The summed E-state index contributed by atoms with van der Waals surface area (Å²) in [6.45, 7) is 10.5. The van der Waals surface area contributed by atoms with Gasteiger partial charge in [-0.1, -0.05) is 12.1 Å². The molecule has 2 aromatic rings. The molecular weight excluding hydrogens is 447 g/mol. The molecule has 0 unspecified atom stereocenters. The third kappa shape index (κ3) is 8.95. The minimum atomic E-state index is -4.52. The van der Waals surface area contributed by atoms with E-state index in [-0.39, 0.29) is 28.5 Å². The van der Waals surface area contributed by atoms with Gasteiger partial charge in [-0.3, -0.25) is 9.59 Å². The number of halogens is 3. The number of aromatic amines is 1. The number of hydrogen-bond donors (Lipinski definition) is 2. The highest BCUT2D eigenvalue weighted by molar-refractivity contribution is 5.80. The van der Waals surface area contributed by atoms with E-state index in [2.05, 4.69) is 37.3 Å². The molecule has 0 radical (unpaired) electrons. The molecule has 1 saturated heterocycles. The smallest absolute Gasteiger partial charge is 0.431 e. The Labute approximate surface area is 198 Å². The topological polar surface area (TPSA) is 88.4 Å². The number of carbonyl (C=O) groups is 1. The Morgan fingerprint density at radius 2 is 1.74 bits per heavy atom. The zero-order chi connectivity index (χ0) is 26.7. The van der Waals surface area contributed by atoms with Crippen LogP contribution < -0.4 is 11.2 Å². The molecule has 1 amide bonds. The molecule has 3 rings (SSSR count). The molecular formula is C25H30F3N3O3. The molecule has 6 nitrogen and oxygen atoms in total. The van der Waals surface area contributed by atoms with Crippen molar-refractivity contribution in [3.05, 3.63) is 58.7 Å². The van der Waals surface area contributed by atoms with Crippen LogP contribution in [0.3, 0.4) is 0 Å². The Morgan fingerprint density at radius 1 is 1.18 bits per heavy atom. The maximum Gasteiger partial charge on any atom is 0.431 e. The van der Waals surface area contributed by atoms with Crippen molar-refractivity contribution in [1.82, 2.24) is 9.88 Å². The molecule has 0 saturated carbocycles. The van der Waals surface area contributed by atoms with E-state index in [1.165, 1.54) is 12.1 Å². The zero-order valence-corrected chi connectivity index (χ0v) is 19.5. The first-order valence-electron chi connectivity index (χ1n) is 10.1. The second-order valence-electron chi connectivity index (χ2n) is 7.95. The van der Waals surface area contributed by atoms with Crippen LogP contribution in [0.2, 0.25) is 0 Å². The Balaban J connectivity index is 0.000000559. The molecule has 9 heteroatoms. The van der Waals surface area contributed by atoms with E-state index < -0.39 is 17.3 Å². The summed E-state index contributed by atoms with van der Waals surface area (Å²) in [5.41, 5.74) is 3.56. The highest BCUT2D eigenvalue weighted by Gasteiger charge is 2.33. The Bertz CT molecular complexity index is 1060. The van der Waals surface area contributed by atoms with Gasteiger partial charge in [0.25, 0.3) is 0 Å². The summed E-state index contributed by atoms with van der Waals surface area (Å²) in [5.74, 6) is 0.245. The molecule has 1 aromatic heterocycles. The number of nitrogens with one attached hydrogen (secondary N) is 1. The fourth-order valence-electron chi connectivity index (χ4n) is 3.12. The number of benzene rings is 1. The van der Waals surface area contributed by atoms with Crippen molar-refractivity contribution in [2.24, 2.45) is 5.73 Å². The van der Waals surface area contributed by atoms with Gasteiger partial charge in [0.15, 0.2) is 11.3 Å². The number of terminal acetylenes is 2. The number of fused-ring (bicyclic) bond motifs is 1. The molecule has 0 bridgehead atoms. The normalized spacial score (nSPS) is 14.9. The van der Waals surface area contributed by atoms with Crippen molar-refractivity contribution in [2.45, 2.75) is 51.4 Å². The van der Waals surface area contributed by atoms with Crippen molar-refractivity contribution in [1.29, 1.82) is 0 Å². The summed E-state index contributed by atoms with van der Waals surface area (Å²) in [7, 11) is 0. The predicted molar refractivity (Wildman–Crippen MR) is 128 cm³/mol. The van der Waals surface area contributed by atoms with Crippen molar-refractivity contribution in [2.75, 3.05) is 6.54 Å². The van der Waals surface area contributed by atoms with E-state index in [0.29, 0.717) is 11.9 Å². The molecule has 1 aromatic carbocycles. The minimum Gasteiger partial charge on any atom is -0.474 e. The molecule has 0 spiro atoms. The quantitative estimate of drug-likeness (QED) is 0.511. The van der Waals surface area contributed by atoms with Crippen LogP contribution in [0.15, 0.2) is 47.6 Å². The molecule has 0 aliphatic carbocycles. The number of ether oxygens (including phenoxy) is 1. The van der Waals surface area contributed by atoms with Crippen LogP contribution in [0, 0.1) is 25.7 Å². The zero-order valence-electron chi connectivity index (χ0n) is 19.5. The van der Waals surface area contributed by atoms with E-state index in [4.69, 9.17) is 10.5 Å². The first kappa shape index (κ1) is 30.2. The van der Waals surface area contributed by atoms with Gasteiger partial charge in [-0.2, -0.15) is 13.2 Å². The van der Waals surface area contributed by atoms with Crippen molar-refractivity contribution >= 4 is 16.8 Å². The number of rotatable bonds is 3. The number of nitrogens with zero attached hydrogens (tertiary/aromatic N) is 1. The maximum absolute atomic E-state index is 12.3. The first-order valence-corrected chi connectivity index (χ1v) is 10.1. The van der Waals surface area contributed by atoms with Gasteiger partial charge in [0.1, 0.15) is 17.3 Å². The van der Waals surface area contributed by atoms with Gasteiger partial charge in [-0.15, -0.1) is 25.7 Å². The van der Waals surface area contributed by atoms with Gasteiger partial charge >= 0.3 is 6.18 Å². The Morgan fingerprint density at radius 3 is 2.24 bits per heavy atom. The highest BCUT2D eigenvalue weighted by atomic mass is 19.4. The lowest BCUT2D eigenvalue weighted by atomic mass is 10.2. The van der Waals surface area contributed by atoms with Gasteiger partial charge < -0.3 is 20.4 Å². The fraction of sp³-hybridized carbons (Fsp3) is 0.360. The van der Waals surface area contributed by atoms with Crippen LogP contribution in [0.5, 0.6) is 0 Å². The van der Waals surface area contributed by atoms with Gasteiger partial charge in [0.2, 0.25) is 5.91 Å². The first-order chi connectivity index (χ1) is 15.8. The second kappa shape index (κ2) is 13.0. The number of likely N-dealkylation sites (tertiary alicyclic amines) is 1. The van der Waals surface area contributed by atoms with E-state index in [9.17, 15) is 22.8 Å². The molecule has 1 fully saturated rings. The standard InChI is InChI=1S/C11H20N2O2.C10H6F3NO.2C2H2/c1-8(15-11(2,3)4)13-7-5-6-9(13)10(12)14;11-10(12,13)9-5-8(15)6-3-1-2-4-7(6)14-9;2*1-2/h9H,1,5-7H2,2-4H3,(H2,12,14);1-5H,(H,14,15);2*1-2H/t9-;;;/m0.../s1. The number of nitrogens with two attached hydrogens (primary N) is 1. The summed E-state index contributed by atoms with van der Waals surface area (Å²) in [6, 6.07) is 6.41. The van der Waals surface area contributed by atoms with Crippen LogP contribution in [0.1, 0.15) is 39.3 Å². The number of alkyl halides is 3. The van der Waals surface area contributed by atoms with Crippen LogP contribution >= 0.6 is 0 Å². The largest absolute Gasteiger partial charge is 0.474 e. The Kier molecular flexibility index (Phi) is 11.5. The molecule has 3 N–H and O–H groups in total. The monoisotopic (exact) mass is 477 g/mol. The lowest BCUT2D eigenvalue weighted by molar-refractivity contribution is -0.141. The number of pyridine rings is 1. The van der Waals surface area contributed by atoms with Crippen molar-refractivity contribution in [3.8, 4) is 25.7 Å². The molecule has 34 heavy (non-hydrogen) atoms.